The van der Waals surface area contributed by atoms with Crippen molar-refractivity contribution < 1.29 is 14.3 Å². The van der Waals surface area contributed by atoms with Crippen LogP contribution in [0.15, 0.2) is 59.3 Å². The minimum atomic E-state index is -0.255. The SMILES string of the molecule is COc1ccc(Br)c(C(=O)Nc2ccc(Oc3cc(-n4nc(C)c(C)c4C)ncn3)cc2)c1. The number of carbonyl (C=O) groups is 1. The van der Waals surface area contributed by atoms with Crippen LogP contribution >= 0.6 is 15.9 Å². The molecule has 33 heavy (non-hydrogen) atoms. The average Bonchev–Trinajstić information content (AvgIpc) is 3.08. The lowest BCUT2D eigenvalue weighted by Gasteiger charge is -2.10. The normalized spacial score (nSPS) is 10.7. The number of hydrogen-bond acceptors (Lipinski definition) is 6. The van der Waals surface area contributed by atoms with E-state index in [0.717, 1.165) is 17.0 Å². The number of halogens is 1. The molecule has 9 heteroatoms. The van der Waals surface area contributed by atoms with E-state index >= 15 is 0 Å². The van der Waals surface area contributed by atoms with Crippen molar-refractivity contribution in [1.29, 1.82) is 0 Å². The molecule has 2 aromatic heterocycles. The van der Waals surface area contributed by atoms with Crippen LogP contribution in [0.25, 0.3) is 5.82 Å². The summed E-state index contributed by atoms with van der Waals surface area (Å²) in [5.41, 5.74) is 4.19. The minimum Gasteiger partial charge on any atom is -0.497 e. The van der Waals surface area contributed by atoms with Crippen LogP contribution in [0.5, 0.6) is 17.4 Å². The lowest BCUT2D eigenvalue weighted by Crippen LogP contribution is -2.12. The van der Waals surface area contributed by atoms with Crippen LogP contribution in [-0.2, 0) is 0 Å². The molecule has 0 saturated carbocycles. The number of methoxy groups -OCH3 is 1. The number of nitrogens with zero attached hydrogens (tertiary/aromatic N) is 4. The topological polar surface area (TPSA) is 91.2 Å². The highest BCUT2D eigenvalue weighted by Crippen LogP contribution is 2.26. The van der Waals surface area contributed by atoms with Crippen molar-refractivity contribution in [2.24, 2.45) is 0 Å². The molecule has 0 atom stereocenters. The van der Waals surface area contributed by atoms with Crippen LogP contribution in [0.1, 0.15) is 27.3 Å². The third-order valence-corrected chi connectivity index (χ3v) is 5.94. The van der Waals surface area contributed by atoms with Crippen LogP contribution in [0.3, 0.4) is 0 Å². The second-order valence-electron chi connectivity index (χ2n) is 7.35. The van der Waals surface area contributed by atoms with Crippen LogP contribution < -0.4 is 14.8 Å². The summed E-state index contributed by atoms with van der Waals surface area (Å²) in [6.45, 7) is 5.99. The van der Waals surface area contributed by atoms with Crippen LogP contribution in [0, 0.1) is 20.8 Å². The maximum Gasteiger partial charge on any atom is 0.256 e. The van der Waals surface area contributed by atoms with Gasteiger partial charge in [-0.25, -0.2) is 14.6 Å². The lowest BCUT2D eigenvalue weighted by atomic mass is 10.2. The van der Waals surface area contributed by atoms with Crippen LogP contribution in [0.2, 0.25) is 0 Å². The highest BCUT2D eigenvalue weighted by atomic mass is 79.9. The Hall–Kier alpha value is -3.72. The zero-order chi connectivity index (χ0) is 23.5. The Bertz CT molecular complexity index is 1320. The highest BCUT2D eigenvalue weighted by Gasteiger charge is 2.13. The molecule has 4 aromatic rings. The number of anilines is 1. The second kappa shape index (κ2) is 9.41. The van der Waals surface area contributed by atoms with Gasteiger partial charge >= 0.3 is 0 Å². The van der Waals surface area contributed by atoms with Gasteiger partial charge < -0.3 is 14.8 Å². The fraction of sp³-hybridized carbons (Fsp3) is 0.167. The summed E-state index contributed by atoms with van der Waals surface area (Å²) in [6.07, 6.45) is 1.44. The monoisotopic (exact) mass is 507 g/mol. The van der Waals surface area contributed by atoms with E-state index in [1.807, 2.05) is 20.8 Å². The molecule has 0 spiro atoms. The Labute approximate surface area is 199 Å². The summed E-state index contributed by atoms with van der Waals surface area (Å²) < 4.78 is 13.5. The summed E-state index contributed by atoms with van der Waals surface area (Å²) >= 11 is 3.40. The number of hydrogen-bond donors (Lipinski definition) is 1. The van der Waals surface area contributed by atoms with Crippen molar-refractivity contribution in [3.8, 4) is 23.2 Å². The standard InChI is InChI=1S/C24H22BrN5O3/c1-14-15(2)29-30(16(14)3)22-12-23(27-13-26-22)33-18-7-5-17(6-8-18)28-24(31)20-11-19(32-4)9-10-21(20)25/h5-13H,1-4H3,(H,28,31). The highest BCUT2D eigenvalue weighted by molar-refractivity contribution is 9.10. The van der Waals surface area contributed by atoms with Gasteiger partial charge in [0.1, 0.15) is 17.8 Å². The molecule has 2 aromatic carbocycles. The average molecular weight is 508 g/mol. The number of rotatable bonds is 6. The number of nitrogens with one attached hydrogen (secondary N) is 1. The van der Waals surface area contributed by atoms with Gasteiger partial charge in [-0.05, 0) is 84.7 Å². The van der Waals surface area contributed by atoms with Gasteiger partial charge in [0.05, 0.1) is 18.4 Å². The zero-order valence-electron chi connectivity index (χ0n) is 18.6. The zero-order valence-corrected chi connectivity index (χ0v) is 20.2. The van der Waals surface area contributed by atoms with E-state index < -0.39 is 0 Å². The Morgan fingerprint density at radius 3 is 2.39 bits per heavy atom. The van der Waals surface area contributed by atoms with Gasteiger partial charge in [0, 0.05) is 21.9 Å². The maximum absolute atomic E-state index is 12.7. The fourth-order valence-corrected chi connectivity index (χ4v) is 3.60. The van der Waals surface area contributed by atoms with Crippen LogP contribution in [0.4, 0.5) is 5.69 Å². The predicted molar refractivity (Wildman–Crippen MR) is 129 cm³/mol. The first kappa shape index (κ1) is 22.5. The molecule has 1 amide bonds. The number of amides is 1. The number of benzene rings is 2. The molecule has 0 radical (unpaired) electrons. The molecule has 168 valence electrons. The van der Waals surface area contributed by atoms with E-state index in [9.17, 15) is 4.79 Å². The third-order valence-electron chi connectivity index (χ3n) is 5.25. The first-order chi connectivity index (χ1) is 15.9. The van der Waals surface area contributed by atoms with Crippen molar-refractivity contribution in [1.82, 2.24) is 19.7 Å². The number of carbonyl (C=O) groups excluding carboxylic acids is 1. The second-order valence-corrected chi connectivity index (χ2v) is 8.20. The van der Waals surface area contributed by atoms with Crippen molar-refractivity contribution in [2.45, 2.75) is 20.8 Å². The fourth-order valence-electron chi connectivity index (χ4n) is 3.18. The molecule has 0 fully saturated rings. The van der Waals surface area contributed by atoms with Crippen molar-refractivity contribution >= 4 is 27.5 Å². The molecule has 8 nitrogen and oxygen atoms in total. The third kappa shape index (κ3) is 4.88. The lowest BCUT2D eigenvalue weighted by molar-refractivity contribution is 0.102. The summed E-state index contributed by atoms with van der Waals surface area (Å²) in [5, 5.41) is 7.40. The van der Waals surface area contributed by atoms with E-state index in [1.54, 1.807) is 60.3 Å². The first-order valence-electron chi connectivity index (χ1n) is 10.1. The summed E-state index contributed by atoms with van der Waals surface area (Å²) in [4.78, 5) is 21.2. The molecular weight excluding hydrogens is 486 g/mol. The Morgan fingerprint density at radius 2 is 1.73 bits per heavy atom. The van der Waals surface area contributed by atoms with Gasteiger partial charge in [-0.3, -0.25) is 4.79 Å². The molecular formula is C24H22BrN5O3. The van der Waals surface area contributed by atoms with E-state index in [1.165, 1.54) is 6.33 Å². The van der Waals surface area contributed by atoms with Gasteiger partial charge in [0.2, 0.25) is 5.88 Å². The van der Waals surface area contributed by atoms with E-state index in [-0.39, 0.29) is 5.91 Å². The van der Waals surface area contributed by atoms with Crippen molar-refractivity contribution in [3.05, 3.63) is 81.8 Å². The number of aryl methyl sites for hydroxylation is 1. The quantitative estimate of drug-likeness (QED) is 0.375. The molecule has 1 N–H and O–H groups in total. The van der Waals surface area contributed by atoms with E-state index in [2.05, 4.69) is 36.3 Å². The van der Waals surface area contributed by atoms with Gasteiger partial charge in [-0.1, -0.05) is 0 Å². The molecule has 0 saturated heterocycles. The number of ether oxygens (including phenoxy) is 2. The summed E-state index contributed by atoms with van der Waals surface area (Å²) in [6, 6.07) is 14.0. The van der Waals surface area contributed by atoms with Gasteiger partial charge in [-0.2, -0.15) is 5.10 Å². The predicted octanol–water partition coefficient (Wildman–Crippen LogP) is 5.40. The summed E-state index contributed by atoms with van der Waals surface area (Å²) in [5.74, 6) is 1.94. The largest absolute Gasteiger partial charge is 0.497 e. The molecule has 0 unspecified atom stereocenters. The Kier molecular flexibility index (Phi) is 6.41. The smallest absolute Gasteiger partial charge is 0.256 e. The van der Waals surface area contributed by atoms with Crippen molar-refractivity contribution in [2.75, 3.05) is 12.4 Å². The van der Waals surface area contributed by atoms with E-state index in [0.29, 0.717) is 38.9 Å². The maximum atomic E-state index is 12.7. The van der Waals surface area contributed by atoms with E-state index in [4.69, 9.17) is 9.47 Å². The molecule has 0 bridgehead atoms. The van der Waals surface area contributed by atoms with Gasteiger partial charge in [0.15, 0.2) is 5.82 Å². The first-order valence-corrected chi connectivity index (χ1v) is 10.9. The molecule has 0 aliphatic carbocycles. The molecule has 2 heterocycles. The molecule has 0 aliphatic rings. The summed E-state index contributed by atoms with van der Waals surface area (Å²) in [7, 11) is 1.56. The molecule has 0 aliphatic heterocycles. The Balaban J connectivity index is 1.47. The van der Waals surface area contributed by atoms with Gasteiger partial charge in [-0.15, -0.1) is 0 Å². The number of aromatic nitrogens is 4. The van der Waals surface area contributed by atoms with Crippen LogP contribution in [-0.4, -0.2) is 32.8 Å². The van der Waals surface area contributed by atoms with Gasteiger partial charge in [0.25, 0.3) is 5.91 Å². The minimum absolute atomic E-state index is 0.255. The Morgan fingerprint density at radius 1 is 1.00 bits per heavy atom. The molecule has 4 rings (SSSR count). The van der Waals surface area contributed by atoms with Crippen molar-refractivity contribution in [3.63, 3.8) is 0 Å².